The number of rotatable bonds is 6. The molecule has 0 unspecified atom stereocenters. The van der Waals surface area contributed by atoms with E-state index in [0.29, 0.717) is 27.6 Å². The smallest absolute Gasteiger partial charge is 0.277 e. The normalized spacial score (nSPS) is 11.9. The topological polar surface area (TPSA) is 77.2 Å². The molecule has 3 aromatic rings. The number of nitrogens with zero attached hydrogens (tertiary/aromatic N) is 2. The summed E-state index contributed by atoms with van der Waals surface area (Å²) in [4.78, 5) is 12.5. The van der Waals surface area contributed by atoms with E-state index in [9.17, 15) is 4.79 Å². The van der Waals surface area contributed by atoms with Crippen molar-refractivity contribution in [3.63, 3.8) is 0 Å². The van der Waals surface area contributed by atoms with E-state index in [1.54, 1.807) is 25.1 Å². The molecule has 1 amide bonds. The molecule has 2 aromatic carbocycles. The van der Waals surface area contributed by atoms with Gasteiger partial charge in [-0.05, 0) is 51.1 Å². The molecule has 28 heavy (non-hydrogen) atoms. The SMILES string of the molecule is COc1ccc(Cl)cc1NC(=O)[C@H](C)Sc1nnc(-c2cc(C)cc(C)c2)o1. The van der Waals surface area contributed by atoms with Crippen LogP contribution in [0, 0.1) is 13.8 Å². The minimum Gasteiger partial charge on any atom is -0.495 e. The van der Waals surface area contributed by atoms with Crippen molar-refractivity contribution >= 4 is 35.0 Å². The summed E-state index contributed by atoms with van der Waals surface area (Å²) in [6.45, 7) is 5.79. The number of nitrogens with one attached hydrogen (secondary N) is 1. The number of amides is 1. The van der Waals surface area contributed by atoms with Crippen LogP contribution in [0.5, 0.6) is 5.75 Å². The van der Waals surface area contributed by atoms with E-state index < -0.39 is 5.25 Å². The van der Waals surface area contributed by atoms with Crippen molar-refractivity contribution in [1.29, 1.82) is 0 Å². The highest BCUT2D eigenvalue weighted by atomic mass is 35.5. The predicted molar refractivity (Wildman–Crippen MR) is 111 cm³/mol. The summed E-state index contributed by atoms with van der Waals surface area (Å²) in [7, 11) is 1.53. The molecule has 0 aliphatic rings. The Morgan fingerprint density at radius 3 is 2.57 bits per heavy atom. The van der Waals surface area contributed by atoms with Gasteiger partial charge < -0.3 is 14.5 Å². The molecular weight excluding hydrogens is 398 g/mol. The fraction of sp³-hybridized carbons (Fsp3) is 0.250. The van der Waals surface area contributed by atoms with E-state index in [2.05, 4.69) is 21.6 Å². The first-order chi connectivity index (χ1) is 13.4. The van der Waals surface area contributed by atoms with Gasteiger partial charge in [-0.25, -0.2) is 0 Å². The standard InChI is InChI=1S/C20H20ClN3O3S/c1-11-7-12(2)9-14(8-11)19-23-24-20(27-19)28-13(3)18(25)22-16-10-15(21)5-6-17(16)26-4/h5-10,13H,1-4H3,(H,22,25)/t13-/m0/s1. The second-order valence-electron chi connectivity index (χ2n) is 6.34. The number of aromatic nitrogens is 2. The fourth-order valence-corrected chi connectivity index (χ4v) is 3.54. The van der Waals surface area contributed by atoms with Crippen molar-refractivity contribution < 1.29 is 13.9 Å². The Labute approximate surface area is 172 Å². The van der Waals surface area contributed by atoms with Gasteiger partial charge in [0.25, 0.3) is 5.22 Å². The quantitative estimate of drug-likeness (QED) is 0.560. The van der Waals surface area contributed by atoms with Crippen molar-refractivity contribution in [2.24, 2.45) is 0 Å². The second-order valence-corrected chi connectivity index (χ2v) is 8.07. The van der Waals surface area contributed by atoms with Crippen LogP contribution in [0.4, 0.5) is 5.69 Å². The number of hydrogen-bond donors (Lipinski definition) is 1. The van der Waals surface area contributed by atoms with Crippen LogP contribution in [0.2, 0.25) is 5.02 Å². The number of carbonyl (C=O) groups excluding carboxylic acids is 1. The lowest BCUT2D eigenvalue weighted by Gasteiger charge is -2.13. The van der Waals surface area contributed by atoms with Gasteiger partial charge in [-0.1, -0.05) is 40.6 Å². The molecule has 1 atom stereocenters. The van der Waals surface area contributed by atoms with E-state index in [1.807, 2.05) is 26.0 Å². The summed E-state index contributed by atoms with van der Waals surface area (Å²) in [5.41, 5.74) is 3.60. The zero-order valence-electron chi connectivity index (χ0n) is 15.9. The van der Waals surface area contributed by atoms with Gasteiger partial charge in [-0.15, -0.1) is 10.2 Å². The Kier molecular flexibility index (Phi) is 6.26. The van der Waals surface area contributed by atoms with E-state index in [1.165, 1.54) is 18.9 Å². The third-order valence-electron chi connectivity index (χ3n) is 3.94. The second kappa shape index (κ2) is 8.67. The zero-order chi connectivity index (χ0) is 20.3. The van der Waals surface area contributed by atoms with Crippen LogP contribution in [-0.2, 0) is 4.79 Å². The van der Waals surface area contributed by atoms with Gasteiger partial charge in [0.15, 0.2) is 0 Å². The minimum atomic E-state index is -0.462. The molecule has 0 radical (unpaired) electrons. The maximum absolute atomic E-state index is 12.5. The lowest BCUT2D eigenvalue weighted by molar-refractivity contribution is -0.115. The first-order valence-corrected chi connectivity index (χ1v) is 9.84. The van der Waals surface area contributed by atoms with Gasteiger partial charge in [0.1, 0.15) is 5.75 Å². The van der Waals surface area contributed by atoms with Crippen molar-refractivity contribution in [3.8, 4) is 17.2 Å². The highest BCUT2D eigenvalue weighted by Crippen LogP contribution is 2.30. The van der Waals surface area contributed by atoms with Crippen LogP contribution in [0.3, 0.4) is 0 Å². The number of ether oxygens (including phenoxy) is 1. The maximum Gasteiger partial charge on any atom is 0.277 e. The lowest BCUT2D eigenvalue weighted by atomic mass is 10.1. The molecule has 146 valence electrons. The largest absolute Gasteiger partial charge is 0.495 e. The number of benzene rings is 2. The first-order valence-electron chi connectivity index (χ1n) is 8.59. The van der Waals surface area contributed by atoms with Crippen LogP contribution < -0.4 is 10.1 Å². The Balaban J connectivity index is 1.70. The van der Waals surface area contributed by atoms with Gasteiger partial charge >= 0.3 is 0 Å². The average molecular weight is 418 g/mol. The summed E-state index contributed by atoms with van der Waals surface area (Å²) < 4.78 is 11.0. The van der Waals surface area contributed by atoms with Gasteiger partial charge in [0.2, 0.25) is 11.8 Å². The van der Waals surface area contributed by atoms with Crippen molar-refractivity contribution in [1.82, 2.24) is 10.2 Å². The minimum absolute atomic E-state index is 0.225. The number of methoxy groups -OCH3 is 1. The van der Waals surface area contributed by atoms with Crippen LogP contribution in [0.1, 0.15) is 18.1 Å². The summed E-state index contributed by atoms with van der Waals surface area (Å²) in [6, 6.07) is 11.1. The third-order valence-corrected chi connectivity index (χ3v) is 5.11. The molecule has 1 aromatic heterocycles. The van der Waals surface area contributed by atoms with Gasteiger partial charge in [-0.2, -0.15) is 0 Å². The number of halogens is 1. The number of thioether (sulfide) groups is 1. The first kappa shape index (κ1) is 20.2. The van der Waals surface area contributed by atoms with E-state index in [-0.39, 0.29) is 5.91 Å². The summed E-state index contributed by atoms with van der Waals surface area (Å²) in [5, 5.41) is 11.3. The molecule has 1 N–H and O–H groups in total. The average Bonchev–Trinajstić information content (AvgIpc) is 3.09. The number of carbonyl (C=O) groups is 1. The molecule has 0 bridgehead atoms. The van der Waals surface area contributed by atoms with E-state index in [0.717, 1.165) is 16.7 Å². The molecule has 6 nitrogen and oxygen atoms in total. The molecule has 0 saturated heterocycles. The molecule has 0 aliphatic carbocycles. The molecule has 0 saturated carbocycles. The Morgan fingerprint density at radius 1 is 1.18 bits per heavy atom. The third kappa shape index (κ3) is 4.85. The number of hydrogen-bond acceptors (Lipinski definition) is 6. The lowest BCUT2D eigenvalue weighted by Crippen LogP contribution is -2.22. The van der Waals surface area contributed by atoms with Crippen LogP contribution in [0.25, 0.3) is 11.5 Å². The number of aryl methyl sites for hydroxylation is 2. The van der Waals surface area contributed by atoms with Gasteiger partial charge in [0.05, 0.1) is 18.0 Å². The Bertz CT molecular complexity index is 986. The molecule has 1 heterocycles. The highest BCUT2D eigenvalue weighted by Gasteiger charge is 2.20. The van der Waals surface area contributed by atoms with Crippen LogP contribution in [-0.4, -0.2) is 28.5 Å². The highest BCUT2D eigenvalue weighted by molar-refractivity contribution is 8.00. The Morgan fingerprint density at radius 2 is 1.89 bits per heavy atom. The molecular formula is C20H20ClN3O3S. The zero-order valence-corrected chi connectivity index (χ0v) is 17.5. The van der Waals surface area contributed by atoms with Crippen molar-refractivity contribution in [2.45, 2.75) is 31.2 Å². The van der Waals surface area contributed by atoms with E-state index >= 15 is 0 Å². The Hall–Kier alpha value is -2.51. The maximum atomic E-state index is 12.5. The summed E-state index contributed by atoms with van der Waals surface area (Å²) in [6.07, 6.45) is 0. The van der Waals surface area contributed by atoms with Crippen LogP contribution >= 0.6 is 23.4 Å². The van der Waals surface area contributed by atoms with Crippen molar-refractivity contribution in [3.05, 3.63) is 52.5 Å². The number of anilines is 1. The van der Waals surface area contributed by atoms with Crippen LogP contribution in [0.15, 0.2) is 46.0 Å². The summed E-state index contributed by atoms with van der Waals surface area (Å²) in [5.74, 6) is 0.736. The molecule has 0 aliphatic heterocycles. The predicted octanol–water partition coefficient (Wildman–Crippen LogP) is 5.13. The van der Waals surface area contributed by atoms with Gasteiger partial charge in [-0.3, -0.25) is 4.79 Å². The molecule has 8 heteroatoms. The summed E-state index contributed by atoms with van der Waals surface area (Å²) >= 11 is 7.19. The molecule has 0 spiro atoms. The molecule has 0 fully saturated rings. The molecule has 3 rings (SSSR count). The monoisotopic (exact) mass is 417 g/mol. The van der Waals surface area contributed by atoms with Crippen molar-refractivity contribution in [2.75, 3.05) is 12.4 Å². The fourth-order valence-electron chi connectivity index (χ4n) is 2.69. The van der Waals surface area contributed by atoms with Gasteiger partial charge in [0, 0.05) is 10.6 Å². The van der Waals surface area contributed by atoms with E-state index in [4.69, 9.17) is 20.8 Å².